The molecule has 0 aromatic heterocycles. The van der Waals surface area contributed by atoms with Gasteiger partial charge < -0.3 is 24.8 Å². The number of carbonyl (C=O) groups excluding carboxylic acids is 3. The molecule has 1 atom stereocenters. The summed E-state index contributed by atoms with van der Waals surface area (Å²) in [6.45, 7) is 5.58. The molecule has 2 N–H and O–H groups in total. The molecule has 8 heteroatoms. The molecule has 1 rings (SSSR count). The fourth-order valence-corrected chi connectivity index (χ4v) is 1.67. The van der Waals surface area contributed by atoms with Gasteiger partial charge >= 0.3 is 5.97 Å². The topological polar surface area (TPSA) is 103 Å². The monoisotopic (exact) mass is 288 g/mol. The molecule has 1 aliphatic rings. The number of hydrogen-bond acceptors (Lipinski definition) is 6. The van der Waals surface area contributed by atoms with Crippen LogP contribution >= 0.6 is 0 Å². The highest BCUT2D eigenvalue weighted by Crippen LogP contribution is 2.16. The van der Waals surface area contributed by atoms with E-state index in [1.54, 1.807) is 13.8 Å². The maximum Gasteiger partial charge on any atom is 0.338 e. The van der Waals surface area contributed by atoms with Gasteiger partial charge in [0.25, 0.3) is 5.91 Å². The Morgan fingerprint density at radius 1 is 1.30 bits per heavy atom. The maximum atomic E-state index is 12.0. The highest BCUT2D eigenvalue weighted by Gasteiger charge is 2.34. The van der Waals surface area contributed by atoms with Crippen molar-refractivity contribution < 1.29 is 28.6 Å². The first-order chi connectivity index (χ1) is 9.38. The fourth-order valence-electron chi connectivity index (χ4n) is 1.67. The van der Waals surface area contributed by atoms with Crippen molar-refractivity contribution in [1.29, 1.82) is 0 Å². The van der Waals surface area contributed by atoms with Gasteiger partial charge in [0.05, 0.1) is 26.4 Å². The molecule has 0 saturated carbocycles. The number of rotatable bonds is 6. The van der Waals surface area contributed by atoms with E-state index in [2.05, 4.69) is 10.6 Å². The highest BCUT2D eigenvalue weighted by atomic mass is 16.7. The maximum absolute atomic E-state index is 12.0. The van der Waals surface area contributed by atoms with E-state index in [1.165, 1.54) is 6.92 Å². The van der Waals surface area contributed by atoms with Crippen LogP contribution in [-0.2, 0) is 28.6 Å². The number of esters is 1. The third kappa shape index (κ3) is 4.78. The largest absolute Gasteiger partial charge is 0.464 e. The Morgan fingerprint density at radius 2 is 1.90 bits per heavy atom. The zero-order chi connectivity index (χ0) is 15.2. The van der Waals surface area contributed by atoms with Gasteiger partial charge in [-0.2, -0.15) is 0 Å². The summed E-state index contributed by atoms with van der Waals surface area (Å²) in [6, 6.07) is -1.38. The van der Waals surface area contributed by atoms with Crippen LogP contribution in [0.2, 0.25) is 0 Å². The minimum atomic E-state index is -1.38. The van der Waals surface area contributed by atoms with Crippen molar-refractivity contribution >= 4 is 17.8 Å². The van der Waals surface area contributed by atoms with Crippen LogP contribution in [0.25, 0.3) is 0 Å². The van der Waals surface area contributed by atoms with Crippen LogP contribution in [-0.4, -0.2) is 56.0 Å². The van der Waals surface area contributed by atoms with E-state index in [0.29, 0.717) is 13.2 Å². The Bertz CT molecular complexity index is 378. The second-order valence-corrected chi connectivity index (χ2v) is 4.43. The predicted octanol–water partition coefficient (Wildman–Crippen LogP) is -1.07. The Morgan fingerprint density at radius 3 is 2.40 bits per heavy atom. The van der Waals surface area contributed by atoms with E-state index in [-0.39, 0.29) is 13.2 Å². The summed E-state index contributed by atoms with van der Waals surface area (Å²) in [4.78, 5) is 34.6. The van der Waals surface area contributed by atoms with E-state index >= 15 is 0 Å². The van der Waals surface area contributed by atoms with Gasteiger partial charge in [-0.1, -0.05) is 0 Å². The van der Waals surface area contributed by atoms with Gasteiger partial charge in [0.1, 0.15) is 0 Å². The Labute approximate surface area is 117 Å². The summed E-state index contributed by atoms with van der Waals surface area (Å²) in [5.74, 6) is -2.89. The predicted molar refractivity (Wildman–Crippen MR) is 67.6 cm³/mol. The standard InChI is InChI=1S/C12H20N2O6/c1-4-18-11(17)9(14-8(2)15)10(16)13-7-12(3)19-5-6-20-12/h9H,4-7H2,1-3H3,(H,13,16)(H,14,15). The third-order valence-electron chi connectivity index (χ3n) is 2.61. The van der Waals surface area contributed by atoms with Crippen molar-refractivity contribution in [2.24, 2.45) is 0 Å². The summed E-state index contributed by atoms with van der Waals surface area (Å²) in [7, 11) is 0. The minimum absolute atomic E-state index is 0.0708. The smallest absolute Gasteiger partial charge is 0.338 e. The van der Waals surface area contributed by atoms with Gasteiger partial charge in [0.2, 0.25) is 11.9 Å². The SMILES string of the molecule is CCOC(=O)C(NC(C)=O)C(=O)NCC1(C)OCCO1. The number of carbonyl (C=O) groups is 3. The van der Waals surface area contributed by atoms with Crippen molar-refractivity contribution in [3.05, 3.63) is 0 Å². The van der Waals surface area contributed by atoms with E-state index in [1.807, 2.05) is 0 Å². The number of amides is 2. The second kappa shape index (κ2) is 7.20. The minimum Gasteiger partial charge on any atom is -0.464 e. The lowest BCUT2D eigenvalue weighted by atomic mass is 10.2. The second-order valence-electron chi connectivity index (χ2n) is 4.43. The van der Waals surface area contributed by atoms with Crippen molar-refractivity contribution in [2.45, 2.75) is 32.6 Å². The molecule has 114 valence electrons. The summed E-state index contributed by atoms with van der Waals surface area (Å²) < 4.78 is 15.4. The Hall–Kier alpha value is -1.67. The van der Waals surface area contributed by atoms with Gasteiger partial charge in [0.15, 0.2) is 5.79 Å². The van der Waals surface area contributed by atoms with E-state index in [9.17, 15) is 14.4 Å². The fraction of sp³-hybridized carbons (Fsp3) is 0.750. The molecule has 8 nitrogen and oxygen atoms in total. The normalized spacial score (nSPS) is 18.1. The third-order valence-corrected chi connectivity index (χ3v) is 2.61. The van der Waals surface area contributed by atoms with Crippen LogP contribution in [0.1, 0.15) is 20.8 Å². The van der Waals surface area contributed by atoms with Gasteiger partial charge in [-0.05, 0) is 13.8 Å². The summed E-state index contributed by atoms with van der Waals surface area (Å²) >= 11 is 0. The van der Waals surface area contributed by atoms with Crippen molar-refractivity contribution in [1.82, 2.24) is 10.6 Å². The van der Waals surface area contributed by atoms with Crippen LogP contribution in [0.3, 0.4) is 0 Å². The summed E-state index contributed by atoms with van der Waals surface area (Å²) in [5.41, 5.74) is 0. The van der Waals surface area contributed by atoms with Crippen LogP contribution in [0.15, 0.2) is 0 Å². The molecule has 0 aromatic rings. The van der Waals surface area contributed by atoms with Crippen LogP contribution < -0.4 is 10.6 Å². The molecule has 0 bridgehead atoms. The molecule has 0 aromatic carbocycles. The first-order valence-electron chi connectivity index (χ1n) is 6.37. The summed E-state index contributed by atoms with van der Waals surface area (Å²) in [5, 5.41) is 4.75. The van der Waals surface area contributed by atoms with Crippen molar-refractivity contribution in [3.63, 3.8) is 0 Å². The van der Waals surface area contributed by atoms with E-state index in [0.717, 1.165) is 0 Å². The molecular weight excluding hydrogens is 268 g/mol. The molecule has 1 unspecified atom stereocenters. The molecule has 0 radical (unpaired) electrons. The summed E-state index contributed by atoms with van der Waals surface area (Å²) in [6.07, 6.45) is 0. The zero-order valence-electron chi connectivity index (χ0n) is 11.9. The molecule has 0 aliphatic carbocycles. The molecular formula is C12H20N2O6. The number of nitrogens with one attached hydrogen (secondary N) is 2. The average Bonchev–Trinajstić information content (AvgIpc) is 2.80. The van der Waals surface area contributed by atoms with Crippen LogP contribution in [0.4, 0.5) is 0 Å². The van der Waals surface area contributed by atoms with E-state index < -0.39 is 29.6 Å². The van der Waals surface area contributed by atoms with Gasteiger partial charge in [0, 0.05) is 6.92 Å². The lowest BCUT2D eigenvalue weighted by molar-refractivity contribution is -0.155. The first kappa shape index (κ1) is 16.4. The molecule has 1 aliphatic heterocycles. The lowest BCUT2D eigenvalue weighted by Gasteiger charge is -2.24. The van der Waals surface area contributed by atoms with Crippen LogP contribution in [0, 0.1) is 0 Å². The highest BCUT2D eigenvalue weighted by molar-refractivity contribution is 6.04. The number of ether oxygens (including phenoxy) is 3. The quantitative estimate of drug-likeness (QED) is 0.477. The Kier molecular flexibility index (Phi) is 5.90. The molecule has 20 heavy (non-hydrogen) atoms. The molecule has 1 heterocycles. The zero-order valence-corrected chi connectivity index (χ0v) is 11.9. The van der Waals surface area contributed by atoms with Crippen molar-refractivity contribution in [2.75, 3.05) is 26.4 Å². The number of hydrogen-bond donors (Lipinski definition) is 2. The Balaban J connectivity index is 2.58. The molecule has 0 spiro atoms. The molecule has 2 amide bonds. The molecule has 1 fully saturated rings. The van der Waals surface area contributed by atoms with E-state index in [4.69, 9.17) is 14.2 Å². The lowest BCUT2D eigenvalue weighted by Crippen LogP contribution is -2.54. The molecule has 1 saturated heterocycles. The van der Waals surface area contributed by atoms with Crippen molar-refractivity contribution in [3.8, 4) is 0 Å². The average molecular weight is 288 g/mol. The van der Waals surface area contributed by atoms with Gasteiger partial charge in [-0.3, -0.25) is 9.59 Å². The van der Waals surface area contributed by atoms with Crippen LogP contribution in [0.5, 0.6) is 0 Å². The van der Waals surface area contributed by atoms with Gasteiger partial charge in [-0.15, -0.1) is 0 Å². The van der Waals surface area contributed by atoms with Gasteiger partial charge in [-0.25, -0.2) is 4.79 Å². The first-order valence-corrected chi connectivity index (χ1v) is 6.37.